The van der Waals surface area contributed by atoms with Crippen LogP contribution in [-0.2, 0) is 4.79 Å². The third-order valence-corrected chi connectivity index (χ3v) is 3.25. The highest BCUT2D eigenvalue weighted by molar-refractivity contribution is 5.86. The first-order chi connectivity index (χ1) is 11.0. The van der Waals surface area contributed by atoms with Gasteiger partial charge in [0.15, 0.2) is 5.70 Å². The SMILES string of the molecule is CN1NC(Oc2ccc(-c3ccccc3F)cc2)=C(C(=O)O)N1. The summed E-state index contributed by atoms with van der Waals surface area (Å²) in [5.41, 5.74) is 6.43. The zero-order chi connectivity index (χ0) is 16.4. The van der Waals surface area contributed by atoms with Gasteiger partial charge in [0.1, 0.15) is 11.6 Å². The average Bonchev–Trinajstić information content (AvgIpc) is 2.90. The van der Waals surface area contributed by atoms with Crippen LogP contribution in [0.25, 0.3) is 11.1 Å². The summed E-state index contributed by atoms with van der Waals surface area (Å²) in [5.74, 6) is -0.928. The molecule has 0 spiro atoms. The fraction of sp³-hybridized carbons (Fsp3) is 0.0625. The Hall–Kier alpha value is -3.06. The molecule has 118 valence electrons. The maximum Gasteiger partial charge on any atom is 0.359 e. The molecule has 2 aromatic carbocycles. The fourth-order valence-electron chi connectivity index (χ4n) is 2.19. The summed E-state index contributed by atoms with van der Waals surface area (Å²) >= 11 is 0. The van der Waals surface area contributed by atoms with E-state index in [-0.39, 0.29) is 17.4 Å². The molecular formula is C16H14FN3O3. The number of ether oxygens (including phenoxy) is 1. The van der Waals surface area contributed by atoms with Crippen LogP contribution in [0.3, 0.4) is 0 Å². The minimum absolute atomic E-state index is 0.0821. The lowest BCUT2D eigenvalue weighted by atomic mass is 10.1. The van der Waals surface area contributed by atoms with E-state index in [1.807, 2.05) is 0 Å². The van der Waals surface area contributed by atoms with Crippen molar-refractivity contribution in [3.8, 4) is 16.9 Å². The maximum atomic E-state index is 13.8. The molecule has 6 nitrogen and oxygen atoms in total. The summed E-state index contributed by atoms with van der Waals surface area (Å²) < 4.78 is 19.3. The quantitative estimate of drug-likeness (QED) is 0.802. The minimum atomic E-state index is -1.14. The Morgan fingerprint density at radius 3 is 2.48 bits per heavy atom. The molecule has 0 bridgehead atoms. The summed E-state index contributed by atoms with van der Waals surface area (Å²) in [6.07, 6.45) is 0. The van der Waals surface area contributed by atoms with Crippen molar-refractivity contribution < 1.29 is 19.0 Å². The Bertz CT molecular complexity index is 774. The number of nitrogens with one attached hydrogen (secondary N) is 2. The predicted molar refractivity (Wildman–Crippen MR) is 81.2 cm³/mol. The van der Waals surface area contributed by atoms with Crippen molar-refractivity contribution in [1.82, 2.24) is 16.0 Å². The highest BCUT2D eigenvalue weighted by atomic mass is 19.1. The van der Waals surface area contributed by atoms with Gasteiger partial charge in [0.05, 0.1) is 0 Å². The Kier molecular flexibility index (Phi) is 3.86. The van der Waals surface area contributed by atoms with Crippen molar-refractivity contribution in [2.75, 3.05) is 7.05 Å². The molecule has 0 aromatic heterocycles. The van der Waals surface area contributed by atoms with Crippen LogP contribution in [0, 0.1) is 5.82 Å². The van der Waals surface area contributed by atoms with E-state index in [0.29, 0.717) is 16.9 Å². The molecule has 0 saturated heterocycles. The second-order valence-corrected chi connectivity index (χ2v) is 4.90. The number of benzene rings is 2. The van der Waals surface area contributed by atoms with E-state index < -0.39 is 5.97 Å². The molecule has 2 aromatic rings. The van der Waals surface area contributed by atoms with Gasteiger partial charge in [-0.25, -0.2) is 9.18 Å². The highest BCUT2D eigenvalue weighted by Gasteiger charge is 2.25. The van der Waals surface area contributed by atoms with Crippen molar-refractivity contribution >= 4 is 5.97 Å². The number of nitrogens with zero attached hydrogens (tertiary/aromatic N) is 1. The monoisotopic (exact) mass is 315 g/mol. The van der Waals surface area contributed by atoms with E-state index in [1.165, 1.54) is 11.2 Å². The number of rotatable bonds is 4. The molecule has 1 heterocycles. The summed E-state index contributed by atoms with van der Waals surface area (Å²) in [7, 11) is 1.61. The van der Waals surface area contributed by atoms with Gasteiger partial charge in [-0.3, -0.25) is 10.9 Å². The number of hydrogen-bond acceptors (Lipinski definition) is 5. The largest absolute Gasteiger partial charge is 0.476 e. The lowest BCUT2D eigenvalue weighted by molar-refractivity contribution is -0.133. The van der Waals surface area contributed by atoms with Crippen LogP contribution >= 0.6 is 0 Å². The molecule has 0 aliphatic carbocycles. The number of carbonyl (C=O) groups is 1. The van der Waals surface area contributed by atoms with E-state index in [1.54, 1.807) is 49.5 Å². The van der Waals surface area contributed by atoms with Crippen LogP contribution in [0.5, 0.6) is 5.75 Å². The number of carboxylic acid groups (broad SMARTS) is 1. The Morgan fingerprint density at radius 1 is 1.13 bits per heavy atom. The zero-order valence-electron chi connectivity index (χ0n) is 12.2. The molecule has 0 saturated carbocycles. The van der Waals surface area contributed by atoms with Crippen LogP contribution < -0.4 is 15.6 Å². The van der Waals surface area contributed by atoms with Gasteiger partial charge in [0, 0.05) is 12.6 Å². The molecule has 0 amide bonds. The highest BCUT2D eigenvalue weighted by Crippen LogP contribution is 2.25. The standard InChI is InChI=1S/C16H14FN3O3/c1-20-18-14(16(21)22)15(19-20)23-11-8-6-10(7-9-11)12-4-2-3-5-13(12)17/h2-9,18-19H,1H3,(H,21,22). The van der Waals surface area contributed by atoms with Crippen LogP contribution in [-0.4, -0.2) is 23.2 Å². The van der Waals surface area contributed by atoms with Gasteiger partial charge in [-0.05, 0) is 23.8 Å². The smallest absolute Gasteiger partial charge is 0.359 e. The number of hydrogen-bond donors (Lipinski definition) is 3. The maximum absolute atomic E-state index is 13.8. The van der Waals surface area contributed by atoms with Crippen molar-refractivity contribution in [2.24, 2.45) is 0 Å². The third kappa shape index (κ3) is 3.09. The van der Waals surface area contributed by atoms with Crippen LogP contribution in [0.2, 0.25) is 0 Å². The molecule has 23 heavy (non-hydrogen) atoms. The molecular weight excluding hydrogens is 301 g/mol. The molecule has 7 heteroatoms. The van der Waals surface area contributed by atoms with Crippen LogP contribution in [0.4, 0.5) is 4.39 Å². The lowest BCUT2D eigenvalue weighted by Crippen LogP contribution is -2.37. The van der Waals surface area contributed by atoms with Gasteiger partial charge in [-0.1, -0.05) is 30.3 Å². The first-order valence-corrected chi connectivity index (χ1v) is 6.82. The average molecular weight is 315 g/mol. The van der Waals surface area contributed by atoms with Gasteiger partial charge < -0.3 is 9.84 Å². The Labute approximate surface area is 131 Å². The summed E-state index contributed by atoms with van der Waals surface area (Å²) in [6.45, 7) is 0. The first kappa shape index (κ1) is 14.9. The van der Waals surface area contributed by atoms with Crippen LogP contribution in [0.1, 0.15) is 0 Å². The number of halogens is 1. The van der Waals surface area contributed by atoms with Gasteiger partial charge in [-0.2, -0.15) is 0 Å². The third-order valence-electron chi connectivity index (χ3n) is 3.25. The normalized spacial score (nSPS) is 14.3. The van der Waals surface area contributed by atoms with E-state index in [2.05, 4.69) is 10.9 Å². The summed E-state index contributed by atoms with van der Waals surface area (Å²) in [6, 6.07) is 13.2. The lowest BCUT2D eigenvalue weighted by Gasteiger charge is -2.11. The second kappa shape index (κ2) is 5.98. The number of carboxylic acids is 1. The summed E-state index contributed by atoms with van der Waals surface area (Å²) in [4.78, 5) is 11.1. The summed E-state index contributed by atoms with van der Waals surface area (Å²) in [5, 5.41) is 10.5. The van der Waals surface area contributed by atoms with Gasteiger partial charge in [0.25, 0.3) is 0 Å². The van der Waals surface area contributed by atoms with Gasteiger partial charge >= 0.3 is 5.97 Å². The van der Waals surface area contributed by atoms with Crippen molar-refractivity contribution in [3.63, 3.8) is 0 Å². The minimum Gasteiger partial charge on any atom is -0.476 e. The van der Waals surface area contributed by atoms with E-state index in [9.17, 15) is 9.18 Å². The number of aliphatic carboxylic acids is 1. The molecule has 3 N–H and O–H groups in total. The molecule has 1 aliphatic rings. The molecule has 1 aliphatic heterocycles. The van der Waals surface area contributed by atoms with Crippen molar-refractivity contribution in [1.29, 1.82) is 0 Å². The van der Waals surface area contributed by atoms with Crippen molar-refractivity contribution in [2.45, 2.75) is 0 Å². The topological polar surface area (TPSA) is 73.8 Å². The van der Waals surface area contributed by atoms with Crippen molar-refractivity contribution in [3.05, 3.63) is 65.9 Å². The molecule has 3 rings (SSSR count). The molecule has 0 fully saturated rings. The Morgan fingerprint density at radius 2 is 1.83 bits per heavy atom. The van der Waals surface area contributed by atoms with Gasteiger partial charge in [-0.15, -0.1) is 5.12 Å². The molecule has 0 atom stereocenters. The van der Waals surface area contributed by atoms with E-state index >= 15 is 0 Å². The fourth-order valence-corrected chi connectivity index (χ4v) is 2.19. The molecule has 0 radical (unpaired) electrons. The van der Waals surface area contributed by atoms with Crippen LogP contribution in [0.15, 0.2) is 60.1 Å². The first-order valence-electron chi connectivity index (χ1n) is 6.82. The number of hydrazine groups is 2. The van der Waals surface area contributed by atoms with E-state index in [0.717, 1.165) is 0 Å². The van der Waals surface area contributed by atoms with E-state index in [4.69, 9.17) is 9.84 Å². The Balaban J connectivity index is 1.82. The molecule has 0 unspecified atom stereocenters. The van der Waals surface area contributed by atoms with Gasteiger partial charge in [0.2, 0.25) is 5.88 Å². The zero-order valence-corrected chi connectivity index (χ0v) is 12.2. The predicted octanol–water partition coefficient (Wildman–Crippen LogP) is 2.08. The second-order valence-electron chi connectivity index (χ2n) is 4.90.